The Hall–Kier alpha value is -1.55. The molecule has 1 N–H and O–H groups in total. The Bertz CT molecular complexity index is 514. The van der Waals surface area contributed by atoms with Gasteiger partial charge in [-0.05, 0) is 31.5 Å². The van der Waals surface area contributed by atoms with E-state index in [2.05, 4.69) is 20.9 Å². The highest BCUT2D eigenvalue weighted by Crippen LogP contribution is 2.25. The molecule has 2 heterocycles. The van der Waals surface area contributed by atoms with Crippen LogP contribution in [0.15, 0.2) is 24.5 Å². The van der Waals surface area contributed by atoms with Crippen molar-refractivity contribution in [1.82, 2.24) is 14.9 Å². The van der Waals surface area contributed by atoms with Crippen molar-refractivity contribution in [2.24, 2.45) is 0 Å². The van der Waals surface area contributed by atoms with Gasteiger partial charge in [-0.3, -0.25) is 0 Å². The van der Waals surface area contributed by atoms with Gasteiger partial charge in [-0.1, -0.05) is 0 Å². The van der Waals surface area contributed by atoms with Gasteiger partial charge >= 0.3 is 0 Å². The number of fused-ring (bicyclic) bond motifs is 1. The molecular formula is C13H17N3O. The first-order chi connectivity index (χ1) is 8.38. The normalized spacial score (nSPS) is 20.6. The second-order valence-electron chi connectivity index (χ2n) is 4.51. The molecule has 1 aliphatic rings. The summed E-state index contributed by atoms with van der Waals surface area (Å²) >= 11 is 0. The van der Waals surface area contributed by atoms with Crippen LogP contribution in [0.25, 0.3) is 11.0 Å². The molecule has 0 spiro atoms. The Balaban J connectivity index is 2.02. The summed E-state index contributed by atoms with van der Waals surface area (Å²) in [5, 5.41) is 3.44. The van der Waals surface area contributed by atoms with E-state index in [-0.39, 0.29) is 0 Å². The molecule has 17 heavy (non-hydrogen) atoms. The minimum atomic E-state index is 0.515. The van der Waals surface area contributed by atoms with Crippen molar-refractivity contribution in [2.75, 3.05) is 20.2 Å². The molecule has 1 atom stereocenters. The van der Waals surface area contributed by atoms with Crippen LogP contribution in [0.3, 0.4) is 0 Å². The zero-order valence-corrected chi connectivity index (χ0v) is 10.0. The van der Waals surface area contributed by atoms with Crippen molar-refractivity contribution in [1.29, 1.82) is 0 Å². The summed E-state index contributed by atoms with van der Waals surface area (Å²) in [6, 6.07) is 6.55. The number of imidazole rings is 1. The minimum Gasteiger partial charge on any atom is -0.497 e. The molecule has 1 aromatic heterocycles. The Morgan fingerprint density at radius 3 is 3.18 bits per heavy atom. The molecule has 90 valence electrons. The van der Waals surface area contributed by atoms with E-state index in [1.54, 1.807) is 7.11 Å². The number of benzene rings is 1. The van der Waals surface area contributed by atoms with Gasteiger partial charge in [0.1, 0.15) is 5.75 Å². The van der Waals surface area contributed by atoms with Gasteiger partial charge in [0.15, 0.2) is 0 Å². The van der Waals surface area contributed by atoms with Gasteiger partial charge in [-0.2, -0.15) is 0 Å². The van der Waals surface area contributed by atoms with Crippen molar-refractivity contribution in [3.05, 3.63) is 24.5 Å². The molecule has 1 saturated heterocycles. The van der Waals surface area contributed by atoms with Gasteiger partial charge in [0.05, 0.1) is 24.5 Å². The van der Waals surface area contributed by atoms with Crippen LogP contribution in [0.1, 0.15) is 18.9 Å². The van der Waals surface area contributed by atoms with Gasteiger partial charge in [-0.25, -0.2) is 4.98 Å². The molecule has 4 nitrogen and oxygen atoms in total. The fourth-order valence-electron chi connectivity index (χ4n) is 2.49. The topological polar surface area (TPSA) is 39.1 Å². The van der Waals surface area contributed by atoms with Gasteiger partial charge in [0.25, 0.3) is 0 Å². The van der Waals surface area contributed by atoms with E-state index < -0.39 is 0 Å². The van der Waals surface area contributed by atoms with Crippen molar-refractivity contribution in [2.45, 2.75) is 18.9 Å². The van der Waals surface area contributed by atoms with E-state index in [1.165, 1.54) is 12.8 Å². The average Bonchev–Trinajstić information content (AvgIpc) is 2.82. The molecule has 0 amide bonds. The first-order valence-electron chi connectivity index (χ1n) is 6.10. The molecule has 4 heteroatoms. The summed E-state index contributed by atoms with van der Waals surface area (Å²) in [5.41, 5.74) is 2.20. The standard InChI is InChI=1S/C13H17N3O/c1-17-11-4-5-12-13(7-11)16(9-15-12)10-3-2-6-14-8-10/h4-5,7,9-10,14H,2-3,6,8H2,1H3/t10-/m0/s1. The van der Waals surface area contributed by atoms with Crippen LogP contribution in [0.2, 0.25) is 0 Å². The molecule has 0 bridgehead atoms. The third kappa shape index (κ3) is 1.89. The lowest BCUT2D eigenvalue weighted by Crippen LogP contribution is -2.31. The van der Waals surface area contributed by atoms with Crippen molar-refractivity contribution in [3.63, 3.8) is 0 Å². The Morgan fingerprint density at radius 1 is 1.47 bits per heavy atom. The van der Waals surface area contributed by atoms with Crippen LogP contribution in [0, 0.1) is 0 Å². The van der Waals surface area contributed by atoms with E-state index in [0.29, 0.717) is 6.04 Å². The van der Waals surface area contributed by atoms with Crippen molar-refractivity contribution in [3.8, 4) is 5.75 Å². The predicted molar refractivity (Wildman–Crippen MR) is 67.4 cm³/mol. The predicted octanol–water partition coefficient (Wildman–Crippen LogP) is 1.97. The zero-order chi connectivity index (χ0) is 11.7. The molecular weight excluding hydrogens is 214 g/mol. The molecule has 1 fully saturated rings. The number of hydrogen-bond acceptors (Lipinski definition) is 3. The van der Waals surface area contributed by atoms with Crippen LogP contribution in [-0.4, -0.2) is 29.8 Å². The summed E-state index contributed by atoms with van der Waals surface area (Å²) in [5.74, 6) is 0.892. The maximum Gasteiger partial charge on any atom is 0.121 e. The molecule has 0 unspecified atom stereocenters. The van der Waals surface area contributed by atoms with E-state index in [9.17, 15) is 0 Å². The number of nitrogens with zero attached hydrogens (tertiary/aromatic N) is 2. The van der Waals surface area contributed by atoms with E-state index >= 15 is 0 Å². The lowest BCUT2D eigenvalue weighted by molar-refractivity contribution is 0.377. The second kappa shape index (κ2) is 4.37. The largest absolute Gasteiger partial charge is 0.497 e. The molecule has 0 radical (unpaired) electrons. The third-order valence-electron chi connectivity index (χ3n) is 3.45. The third-order valence-corrected chi connectivity index (χ3v) is 3.45. The molecule has 1 aromatic carbocycles. The van der Waals surface area contributed by atoms with Gasteiger partial charge < -0.3 is 14.6 Å². The van der Waals surface area contributed by atoms with Gasteiger partial charge in [-0.15, -0.1) is 0 Å². The highest BCUT2D eigenvalue weighted by atomic mass is 16.5. The van der Waals surface area contributed by atoms with E-state index in [0.717, 1.165) is 29.9 Å². The van der Waals surface area contributed by atoms with Crippen LogP contribution in [0.5, 0.6) is 5.75 Å². The fourth-order valence-corrected chi connectivity index (χ4v) is 2.49. The maximum absolute atomic E-state index is 5.28. The number of piperidine rings is 1. The maximum atomic E-state index is 5.28. The fraction of sp³-hybridized carbons (Fsp3) is 0.462. The number of ether oxygens (including phenoxy) is 1. The van der Waals surface area contributed by atoms with E-state index in [4.69, 9.17) is 4.74 Å². The van der Waals surface area contributed by atoms with Crippen molar-refractivity contribution < 1.29 is 4.74 Å². The van der Waals surface area contributed by atoms with Gasteiger partial charge in [0.2, 0.25) is 0 Å². The number of rotatable bonds is 2. The molecule has 2 aromatic rings. The smallest absolute Gasteiger partial charge is 0.121 e. The monoisotopic (exact) mass is 231 g/mol. The second-order valence-corrected chi connectivity index (χ2v) is 4.51. The Kier molecular flexibility index (Phi) is 2.73. The SMILES string of the molecule is COc1ccc2ncn([C@H]3CCCNC3)c2c1. The van der Waals surface area contributed by atoms with Crippen LogP contribution in [0.4, 0.5) is 0 Å². The van der Waals surface area contributed by atoms with Crippen LogP contribution < -0.4 is 10.1 Å². The number of aromatic nitrogens is 2. The summed E-state index contributed by atoms with van der Waals surface area (Å²) in [6.45, 7) is 2.16. The van der Waals surface area contributed by atoms with Gasteiger partial charge in [0, 0.05) is 18.7 Å². The highest BCUT2D eigenvalue weighted by molar-refractivity contribution is 5.77. The lowest BCUT2D eigenvalue weighted by Gasteiger charge is -2.24. The van der Waals surface area contributed by atoms with Crippen molar-refractivity contribution >= 4 is 11.0 Å². The molecule has 1 aliphatic heterocycles. The minimum absolute atomic E-state index is 0.515. The number of hydrogen-bond donors (Lipinski definition) is 1. The average molecular weight is 231 g/mol. The zero-order valence-electron chi connectivity index (χ0n) is 10.0. The first kappa shape index (κ1) is 10.6. The summed E-state index contributed by atoms with van der Waals surface area (Å²) < 4.78 is 7.55. The quantitative estimate of drug-likeness (QED) is 0.859. The number of methoxy groups -OCH3 is 1. The summed E-state index contributed by atoms with van der Waals surface area (Å²) in [7, 11) is 1.70. The van der Waals surface area contributed by atoms with E-state index in [1.807, 2.05) is 18.5 Å². The lowest BCUT2D eigenvalue weighted by atomic mass is 10.1. The Morgan fingerprint density at radius 2 is 2.41 bits per heavy atom. The summed E-state index contributed by atoms with van der Waals surface area (Å²) in [6.07, 6.45) is 4.39. The summed E-state index contributed by atoms with van der Waals surface area (Å²) in [4.78, 5) is 4.45. The highest BCUT2D eigenvalue weighted by Gasteiger charge is 2.17. The molecule has 0 saturated carbocycles. The number of nitrogens with one attached hydrogen (secondary N) is 1. The Labute approximate surface area is 101 Å². The van der Waals surface area contributed by atoms with Crippen LogP contribution >= 0.6 is 0 Å². The first-order valence-corrected chi connectivity index (χ1v) is 6.10. The van der Waals surface area contributed by atoms with Crippen LogP contribution in [-0.2, 0) is 0 Å². The molecule has 3 rings (SSSR count). The molecule has 0 aliphatic carbocycles.